The molecule has 0 atom stereocenters. The molecular weight excluding hydrogens is 368 g/mol. The number of hydrogen-bond donors (Lipinski definition) is 2. The van der Waals surface area contributed by atoms with E-state index in [1.54, 1.807) is 23.1 Å². The van der Waals surface area contributed by atoms with Crippen LogP contribution in [0.3, 0.4) is 0 Å². The van der Waals surface area contributed by atoms with Crippen molar-refractivity contribution in [3.8, 4) is 0 Å². The fourth-order valence-corrected chi connectivity index (χ4v) is 4.07. The predicted molar refractivity (Wildman–Crippen MR) is 92.9 cm³/mol. The van der Waals surface area contributed by atoms with Crippen LogP contribution in [0.2, 0.25) is 0 Å². The molecule has 3 aromatic rings. The Morgan fingerprint density at radius 3 is 2.71 bits per heavy atom. The van der Waals surface area contributed by atoms with Crippen LogP contribution in [0, 0.1) is 0 Å². The summed E-state index contributed by atoms with van der Waals surface area (Å²) in [5.74, 6) is 5.93. The van der Waals surface area contributed by atoms with Gasteiger partial charge in [-0.2, -0.15) is 0 Å². The van der Waals surface area contributed by atoms with Crippen molar-refractivity contribution in [2.45, 2.75) is 23.3 Å². The second-order valence-corrected chi connectivity index (χ2v) is 7.43. The van der Waals surface area contributed by atoms with Crippen LogP contribution in [0.1, 0.15) is 11.8 Å². The summed E-state index contributed by atoms with van der Waals surface area (Å²) in [4.78, 5) is 12.3. The van der Waals surface area contributed by atoms with Crippen LogP contribution < -0.4 is 11.3 Å². The lowest BCUT2D eigenvalue weighted by Crippen LogP contribution is -2.10. The molecular formula is C14H13BrN4S2. The fraction of sp³-hybridized carbons (Fsp3) is 0.143. The molecule has 2 aromatic heterocycles. The highest BCUT2D eigenvalue weighted by molar-refractivity contribution is 9.10. The highest BCUT2D eigenvalue weighted by atomic mass is 79.9. The van der Waals surface area contributed by atoms with E-state index >= 15 is 0 Å². The summed E-state index contributed by atoms with van der Waals surface area (Å²) in [6, 6.07) is 10.3. The first-order valence-electron chi connectivity index (χ1n) is 6.40. The Morgan fingerprint density at radius 2 is 2.05 bits per heavy atom. The first-order valence-corrected chi connectivity index (χ1v) is 8.82. The zero-order valence-electron chi connectivity index (χ0n) is 11.3. The molecule has 0 saturated carbocycles. The SMILES string of the molecule is CCc1cc2c(Sc3ccc(Br)cc3)nc(NN)nc2s1. The van der Waals surface area contributed by atoms with Gasteiger partial charge in [-0.15, -0.1) is 11.3 Å². The maximum absolute atomic E-state index is 5.48. The van der Waals surface area contributed by atoms with Gasteiger partial charge in [0.25, 0.3) is 0 Å². The van der Waals surface area contributed by atoms with Crippen molar-refractivity contribution in [3.63, 3.8) is 0 Å². The number of hydrogen-bond acceptors (Lipinski definition) is 6. The van der Waals surface area contributed by atoms with E-state index in [0.29, 0.717) is 5.95 Å². The third-order valence-corrected chi connectivity index (χ3v) is 5.63. The number of benzene rings is 1. The molecule has 0 amide bonds. The number of nitrogen functional groups attached to an aromatic ring is 1. The van der Waals surface area contributed by atoms with E-state index in [0.717, 1.165) is 31.0 Å². The van der Waals surface area contributed by atoms with Crippen molar-refractivity contribution in [2.75, 3.05) is 5.43 Å². The van der Waals surface area contributed by atoms with E-state index in [1.165, 1.54) is 4.88 Å². The highest BCUT2D eigenvalue weighted by Crippen LogP contribution is 2.36. The monoisotopic (exact) mass is 380 g/mol. The van der Waals surface area contributed by atoms with E-state index in [1.807, 2.05) is 12.1 Å². The van der Waals surface area contributed by atoms with Crippen LogP contribution in [0.15, 0.2) is 44.7 Å². The number of hydrazine groups is 1. The van der Waals surface area contributed by atoms with Crippen molar-refractivity contribution >= 4 is 55.2 Å². The molecule has 0 bridgehead atoms. The van der Waals surface area contributed by atoms with Crippen LogP contribution in [-0.2, 0) is 6.42 Å². The molecule has 1 aromatic carbocycles. The molecule has 3 rings (SSSR count). The van der Waals surface area contributed by atoms with Crippen molar-refractivity contribution in [1.82, 2.24) is 9.97 Å². The molecule has 108 valence electrons. The topological polar surface area (TPSA) is 63.8 Å². The van der Waals surface area contributed by atoms with Gasteiger partial charge in [0.05, 0.1) is 0 Å². The Kier molecular flexibility index (Phi) is 4.44. The molecule has 0 fully saturated rings. The molecule has 0 radical (unpaired) electrons. The summed E-state index contributed by atoms with van der Waals surface area (Å²) in [5, 5.41) is 2.01. The molecule has 0 aliphatic rings. The second-order valence-electron chi connectivity index (χ2n) is 4.34. The van der Waals surface area contributed by atoms with Crippen LogP contribution >= 0.6 is 39.0 Å². The third-order valence-electron chi connectivity index (χ3n) is 2.91. The summed E-state index contributed by atoms with van der Waals surface area (Å²) in [6.07, 6.45) is 0.995. The summed E-state index contributed by atoms with van der Waals surface area (Å²) in [6.45, 7) is 2.14. The van der Waals surface area contributed by atoms with Crippen molar-refractivity contribution in [2.24, 2.45) is 5.84 Å². The smallest absolute Gasteiger partial charge is 0.239 e. The Labute approximate surface area is 139 Å². The van der Waals surface area contributed by atoms with Gasteiger partial charge in [0.1, 0.15) is 9.86 Å². The molecule has 0 unspecified atom stereocenters. The number of halogens is 1. The standard InChI is InChI=1S/C14H13BrN4S2/c1-2-9-7-11-12(20-9)17-14(19-16)18-13(11)21-10-5-3-8(15)4-6-10/h3-7H,2,16H2,1H3,(H,17,18,19). The summed E-state index contributed by atoms with van der Waals surface area (Å²) in [5.41, 5.74) is 2.55. The molecule has 0 aliphatic carbocycles. The quantitative estimate of drug-likeness (QED) is 0.397. The van der Waals surface area contributed by atoms with E-state index < -0.39 is 0 Å². The number of anilines is 1. The molecule has 3 N–H and O–H groups in total. The Balaban J connectivity index is 2.06. The number of nitrogens with zero attached hydrogens (tertiary/aromatic N) is 2. The molecule has 0 aliphatic heterocycles. The first kappa shape index (κ1) is 14.8. The average molecular weight is 381 g/mol. The minimum Gasteiger partial charge on any atom is -0.292 e. The zero-order chi connectivity index (χ0) is 14.8. The fourth-order valence-electron chi connectivity index (χ4n) is 1.88. The summed E-state index contributed by atoms with van der Waals surface area (Å²) < 4.78 is 1.06. The van der Waals surface area contributed by atoms with Gasteiger partial charge in [-0.1, -0.05) is 34.6 Å². The van der Waals surface area contributed by atoms with Gasteiger partial charge < -0.3 is 0 Å². The van der Waals surface area contributed by atoms with Crippen LogP contribution in [0.5, 0.6) is 0 Å². The number of nitrogens with one attached hydrogen (secondary N) is 1. The third kappa shape index (κ3) is 3.21. The van der Waals surface area contributed by atoms with Gasteiger partial charge in [0.15, 0.2) is 0 Å². The maximum atomic E-state index is 5.48. The highest BCUT2D eigenvalue weighted by Gasteiger charge is 2.12. The Morgan fingerprint density at radius 1 is 1.29 bits per heavy atom. The molecule has 0 spiro atoms. The number of aryl methyl sites for hydroxylation is 1. The van der Waals surface area contributed by atoms with Gasteiger partial charge in [-0.3, -0.25) is 5.43 Å². The number of fused-ring (bicyclic) bond motifs is 1. The van der Waals surface area contributed by atoms with E-state index in [9.17, 15) is 0 Å². The Bertz CT molecular complexity index is 770. The molecule has 2 heterocycles. The van der Waals surface area contributed by atoms with Gasteiger partial charge in [0, 0.05) is 19.6 Å². The zero-order valence-corrected chi connectivity index (χ0v) is 14.5. The maximum Gasteiger partial charge on any atom is 0.239 e. The van der Waals surface area contributed by atoms with Crippen molar-refractivity contribution in [3.05, 3.63) is 39.7 Å². The van der Waals surface area contributed by atoms with Crippen LogP contribution in [-0.4, -0.2) is 9.97 Å². The van der Waals surface area contributed by atoms with E-state index in [4.69, 9.17) is 5.84 Å². The van der Waals surface area contributed by atoms with Gasteiger partial charge >= 0.3 is 0 Å². The van der Waals surface area contributed by atoms with Gasteiger partial charge in [-0.05, 0) is 36.8 Å². The molecule has 21 heavy (non-hydrogen) atoms. The van der Waals surface area contributed by atoms with Crippen LogP contribution in [0.25, 0.3) is 10.2 Å². The number of nitrogens with two attached hydrogens (primary N) is 1. The van der Waals surface area contributed by atoms with E-state index in [-0.39, 0.29) is 0 Å². The normalized spacial score (nSPS) is 11.0. The number of rotatable bonds is 4. The Hall–Kier alpha value is -1.15. The van der Waals surface area contributed by atoms with Gasteiger partial charge in [-0.25, -0.2) is 15.8 Å². The van der Waals surface area contributed by atoms with Crippen LogP contribution in [0.4, 0.5) is 5.95 Å². The number of thiophene rings is 1. The largest absolute Gasteiger partial charge is 0.292 e. The molecule has 0 saturated heterocycles. The number of aromatic nitrogens is 2. The minimum atomic E-state index is 0.451. The molecule has 7 heteroatoms. The summed E-state index contributed by atoms with van der Waals surface area (Å²) in [7, 11) is 0. The lowest BCUT2D eigenvalue weighted by atomic mass is 10.3. The lowest BCUT2D eigenvalue weighted by Gasteiger charge is -2.05. The summed E-state index contributed by atoms with van der Waals surface area (Å²) >= 11 is 6.75. The molecule has 4 nitrogen and oxygen atoms in total. The second kappa shape index (κ2) is 6.31. The van der Waals surface area contributed by atoms with Crippen molar-refractivity contribution in [1.29, 1.82) is 0 Å². The predicted octanol–water partition coefficient (Wildman–Crippen LogP) is 4.45. The first-order chi connectivity index (χ1) is 10.2. The van der Waals surface area contributed by atoms with Gasteiger partial charge in [0.2, 0.25) is 5.95 Å². The lowest BCUT2D eigenvalue weighted by molar-refractivity contribution is 1.08. The minimum absolute atomic E-state index is 0.451. The van der Waals surface area contributed by atoms with E-state index in [2.05, 4.69) is 56.4 Å². The average Bonchev–Trinajstić information content (AvgIpc) is 2.92. The van der Waals surface area contributed by atoms with Crippen molar-refractivity contribution < 1.29 is 0 Å².